The fourth-order valence-electron chi connectivity index (χ4n) is 4.07. The van der Waals surface area contributed by atoms with Crippen molar-refractivity contribution in [1.82, 2.24) is 10.3 Å². The molecule has 1 atom stereocenters. The van der Waals surface area contributed by atoms with Crippen LogP contribution < -0.4 is 15.4 Å². The minimum atomic E-state index is -0.0851. The van der Waals surface area contributed by atoms with Crippen LogP contribution >= 0.6 is 0 Å². The zero-order chi connectivity index (χ0) is 28.1. The second kappa shape index (κ2) is 21.2. The van der Waals surface area contributed by atoms with Crippen LogP contribution in [-0.4, -0.2) is 37.9 Å². The van der Waals surface area contributed by atoms with E-state index in [1.807, 2.05) is 37.3 Å². The number of pyridine rings is 1. The lowest BCUT2D eigenvalue weighted by Crippen LogP contribution is -2.20. The second-order valence-corrected chi connectivity index (χ2v) is 9.00. The zero-order valence-electron chi connectivity index (χ0n) is 24.2. The van der Waals surface area contributed by atoms with Crippen LogP contribution in [0.15, 0.2) is 36.9 Å². The van der Waals surface area contributed by atoms with Gasteiger partial charge in [-0.15, -0.1) is 0 Å². The quantitative estimate of drug-likeness (QED) is 0.349. The van der Waals surface area contributed by atoms with E-state index in [2.05, 4.69) is 56.1 Å². The summed E-state index contributed by atoms with van der Waals surface area (Å²) in [7, 11) is 4.69. The molecule has 0 radical (unpaired) electrons. The Balaban J connectivity index is 0.000000764. The first kappa shape index (κ1) is 34.1. The summed E-state index contributed by atoms with van der Waals surface area (Å²) in [5, 5.41) is 22.9. The van der Waals surface area contributed by atoms with Gasteiger partial charge in [0.05, 0.1) is 24.4 Å². The van der Waals surface area contributed by atoms with E-state index in [4.69, 9.17) is 9.84 Å². The van der Waals surface area contributed by atoms with E-state index in [9.17, 15) is 5.26 Å². The Labute approximate surface area is 226 Å². The van der Waals surface area contributed by atoms with Gasteiger partial charge in [-0.25, -0.2) is 0 Å². The molecule has 0 bridgehead atoms. The Kier molecular flexibility index (Phi) is 19.6. The number of nitrogens with one attached hydrogen (secondary N) is 2. The van der Waals surface area contributed by atoms with Gasteiger partial charge in [-0.2, -0.15) is 5.26 Å². The molecule has 1 heterocycles. The molecule has 1 aliphatic rings. The Morgan fingerprint density at radius 2 is 1.81 bits per heavy atom. The number of benzene rings is 1. The predicted octanol–water partition coefficient (Wildman–Crippen LogP) is 7.15. The summed E-state index contributed by atoms with van der Waals surface area (Å²) >= 11 is 0. The molecule has 0 amide bonds. The normalized spacial score (nSPS) is 13.2. The third-order valence-corrected chi connectivity index (χ3v) is 5.93. The summed E-state index contributed by atoms with van der Waals surface area (Å²) in [6, 6.07) is 11.7. The van der Waals surface area contributed by atoms with Gasteiger partial charge < -0.3 is 20.5 Å². The number of rotatable bonds is 8. The highest BCUT2D eigenvalue weighted by Crippen LogP contribution is 2.28. The minimum Gasteiger partial charge on any atom is -0.495 e. The van der Waals surface area contributed by atoms with E-state index in [0.29, 0.717) is 5.56 Å². The van der Waals surface area contributed by atoms with E-state index in [1.165, 1.54) is 45.1 Å². The SMILES string of the molecule is C=Cc1ccc(N[C@@H](C)c2nc(CC)ccc2OC)c(C#N)c1.CCC.CNCC1CCCCC1.CO. The van der Waals surface area contributed by atoms with Crippen LogP contribution in [0.4, 0.5) is 5.69 Å². The lowest BCUT2D eigenvalue weighted by Gasteiger charge is -2.20. The highest BCUT2D eigenvalue weighted by atomic mass is 16.5. The van der Waals surface area contributed by atoms with Crippen molar-refractivity contribution in [2.45, 2.75) is 78.7 Å². The first-order valence-corrected chi connectivity index (χ1v) is 13.5. The van der Waals surface area contributed by atoms with Crippen molar-refractivity contribution in [3.05, 3.63) is 59.4 Å². The third-order valence-electron chi connectivity index (χ3n) is 5.93. The molecule has 1 saturated carbocycles. The number of ether oxygens (including phenoxy) is 1. The van der Waals surface area contributed by atoms with Gasteiger partial charge in [0, 0.05) is 12.8 Å². The number of hydrogen-bond donors (Lipinski definition) is 3. The van der Waals surface area contributed by atoms with Gasteiger partial charge >= 0.3 is 0 Å². The molecule has 0 spiro atoms. The number of aliphatic hydroxyl groups excluding tert-OH is 1. The van der Waals surface area contributed by atoms with E-state index in [0.717, 1.165) is 47.8 Å². The number of nitriles is 1. The van der Waals surface area contributed by atoms with Crippen molar-refractivity contribution < 1.29 is 9.84 Å². The van der Waals surface area contributed by atoms with Gasteiger partial charge in [-0.3, -0.25) is 4.98 Å². The lowest BCUT2D eigenvalue weighted by atomic mass is 9.89. The number of anilines is 1. The number of aromatic nitrogens is 1. The summed E-state index contributed by atoms with van der Waals surface area (Å²) in [4.78, 5) is 4.66. The van der Waals surface area contributed by atoms with Crippen molar-refractivity contribution in [2.75, 3.05) is 33.1 Å². The standard InChI is InChI=1S/C19H21N3O.C8H17N.C3H8.CH4O/c1-5-14-7-9-17(15(11-14)12-20)21-13(3)19-18(23-4)10-8-16(6-2)22-19;1-9-7-8-5-3-2-4-6-8;1-3-2;1-2/h5,7-11,13,21H,1,6H2,2-4H3;8-9H,2-7H2,1H3;3H2,1-2H3;2H,1H3/t13-;;;/m0.../s1. The van der Waals surface area contributed by atoms with Crippen LogP contribution in [0, 0.1) is 17.2 Å². The Morgan fingerprint density at radius 3 is 2.32 bits per heavy atom. The van der Waals surface area contributed by atoms with E-state index in [1.54, 1.807) is 13.2 Å². The van der Waals surface area contributed by atoms with Crippen LogP contribution in [0.3, 0.4) is 0 Å². The molecule has 3 N–H and O–H groups in total. The fourth-order valence-corrected chi connectivity index (χ4v) is 4.07. The van der Waals surface area contributed by atoms with E-state index in [-0.39, 0.29) is 6.04 Å². The molecule has 206 valence electrons. The molecule has 0 unspecified atom stereocenters. The van der Waals surface area contributed by atoms with Crippen molar-refractivity contribution >= 4 is 11.8 Å². The fraction of sp³-hybridized carbons (Fsp3) is 0.548. The smallest absolute Gasteiger partial charge is 0.142 e. The Hall–Kier alpha value is -2.88. The average Bonchev–Trinajstić information content (AvgIpc) is 2.95. The summed E-state index contributed by atoms with van der Waals surface area (Å²) in [6.07, 6.45) is 11.2. The molecule has 6 nitrogen and oxygen atoms in total. The van der Waals surface area contributed by atoms with Gasteiger partial charge in [-0.1, -0.05) is 65.2 Å². The van der Waals surface area contributed by atoms with Crippen LogP contribution in [0.1, 0.15) is 94.8 Å². The maximum absolute atomic E-state index is 9.34. The zero-order valence-corrected chi connectivity index (χ0v) is 24.2. The van der Waals surface area contributed by atoms with Gasteiger partial charge in [0.1, 0.15) is 17.5 Å². The van der Waals surface area contributed by atoms with Crippen molar-refractivity contribution in [3.8, 4) is 11.8 Å². The molecule has 0 aliphatic heterocycles. The number of methoxy groups -OCH3 is 1. The molecule has 1 fully saturated rings. The predicted molar refractivity (Wildman–Crippen MR) is 158 cm³/mol. The molecule has 37 heavy (non-hydrogen) atoms. The highest BCUT2D eigenvalue weighted by molar-refractivity contribution is 5.63. The van der Waals surface area contributed by atoms with E-state index < -0.39 is 0 Å². The van der Waals surface area contributed by atoms with E-state index >= 15 is 0 Å². The molecular formula is C31H50N4O2. The first-order valence-electron chi connectivity index (χ1n) is 13.5. The second-order valence-electron chi connectivity index (χ2n) is 9.00. The molecule has 6 heteroatoms. The Morgan fingerprint density at radius 1 is 1.16 bits per heavy atom. The maximum atomic E-state index is 9.34. The molecule has 1 aromatic carbocycles. The van der Waals surface area contributed by atoms with Crippen LogP contribution in [0.5, 0.6) is 5.75 Å². The molecule has 2 aromatic rings. The molecule has 1 aliphatic carbocycles. The summed E-state index contributed by atoms with van der Waals surface area (Å²) in [5.74, 6) is 1.73. The monoisotopic (exact) mass is 510 g/mol. The largest absolute Gasteiger partial charge is 0.495 e. The summed E-state index contributed by atoms with van der Waals surface area (Å²) < 4.78 is 5.42. The van der Waals surface area contributed by atoms with Gasteiger partial charge in [-0.05, 0) is 75.5 Å². The van der Waals surface area contributed by atoms with Crippen LogP contribution in [-0.2, 0) is 6.42 Å². The molecular weight excluding hydrogens is 460 g/mol. The van der Waals surface area contributed by atoms with Crippen LogP contribution in [0.2, 0.25) is 0 Å². The Bertz CT molecular complexity index is 915. The number of aliphatic hydroxyl groups is 1. The summed E-state index contributed by atoms with van der Waals surface area (Å²) in [6.45, 7) is 13.3. The lowest BCUT2D eigenvalue weighted by molar-refractivity contribution is 0.350. The van der Waals surface area contributed by atoms with Crippen LogP contribution in [0.25, 0.3) is 6.08 Å². The third kappa shape index (κ3) is 12.8. The average molecular weight is 511 g/mol. The van der Waals surface area contributed by atoms with Gasteiger partial charge in [0.15, 0.2) is 0 Å². The van der Waals surface area contributed by atoms with Crippen molar-refractivity contribution in [2.24, 2.45) is 5.92 Å². The molecule has 3 rings (SSSR count). The first-order chi connectivity index (χ1) is 18.0. The van der Waals surface area contributed by atoms with Gasteiger partial charge in [0.2, 0.25) is 0 Å². The van der Waals surface area contributed by atoms with Crippen molar-refractivity contribution in [3.63, 3.8) is 0 Å². The highest BCUT2D eigenvalue weighted by Gasteiger charge is 2.15. The molecule has 0 saturated heterocycles. The molecule has 1 aromatic heterocycles. The van der Waals surface area contributed by atoms with Gasteiger partial charge in [0.25, 0.3) is 0 Å². The van der Waals surface area contributed by atoms with Crippen molar-refractivity contribution in [1.29, 1.82) is 5.26 Å². The minimum absolute atomic E-state index is 0.0851. The number of hydrogen-bond acceptors (Lipinski definition) is 6. The maximum Gasteiger partial charge on any atom is 0.142 e. The number of aryl methyl sites for hydroxylation is 1. The number of nitrogens with zero attached hydrogens (tertiary/aromatic N) is 2. The topological polar surface area (TPSA) is 90.2 Å². The summed E-state index contributed by atoms with van der Waals surface area (Å²) in [5.41, 5.74) is 4.13.